The Hall–Kier alpha value is -6.86. The molecule has 10 aromatic rings. The Balaban J connectivity index is 1.58. The van der Waals surface area contributed by atoms with Gasteiger partial charge in [-0.15, -0.1) is 0 Å². The highest BCUT2D eigenvalue weighted by atomic mass is 14.9. The lowest BCUT2D eigenvalue weighted by Gasteiger charge is -2.07. The fraction of sp³-hybridized carbons (Fsp3) is 0. The summed E-state index contributed by atoms with van der Waals surface area (Å²) in [5, 5.41) is 30.4. The minimum Gasteiger partial charge on any atom is -0.311 e. The van der Waals surface area contributed by atoms with Crippen LogP contribution in [0.4, 0.5) is 11.4 Å². The molecule has 0 unspecified atom stereocenters. The Labute approximate surface area is 248 Å². The Morgan fingerprint density at radius 3 is 1.43 bits per heavy atom. The molecule has 0 saturated carbocycles. The summed E-state index contributed by atoms with van der Waals surface area (Å²) < 4.78 is 4.43. The van der Waals surface area contributed by atoms with E-state index in [1.807, 2.05) is 66.7 Å². The molecule has 0 radical (unpaired) electrons. The average Bonchev–Trinajstić information content (AvgIpc) is 3.78. The molecule has 0 fully saturated rings. The van der Waals surface area contributed by atoms with Crippen molar-refractivity contribution in [2.24, 2.45) is 0 Å². The molecule has 0 saturated heterocycles. The van der Waals surface area contributed by atoms with E-state index in [1.54, 1.807) is 0 Å². The first-order valence-electron chi connectivity index (χ1n) is 14.0. The van der Waals surface area contributed by atoms with Crippen LogP contribution < -0.4 is 0 Å². The van der Waals surface area contributed by atoms with Gasteiger partial charge in [0.2, 0.25) is 0 Å². The Morgan fingerprint density at radius 2 is 0.909 bits per heavy atom. The highest BCUT2D eigenvalue weighted by Gasteiger charge is 2.26. The lowest BCUT2D eigenvalue weighted by atomic mass is 9.94. The van der Waals surface area contributed by atoms with Crippen LogP contribution in [0.2, 0.25) is 0 Å². The van der Waals surface area contributed by atoms with Crippen LogP contribution in [-0.2, 0) is 0 Å². The minimum absolute atomic E-state index is 0.562. The van der Waals surface area contributed by atoms with Gasteiger partial charge in [0.15, 0.2) is 11.4 Å². The molecule has 4 heterocycles. The van der Waals surface area contributed by atoms with Gasteiger partial charge in [-0.2, -0.15) is 10.5 Å². The first-order chi connectivity index (χ1) is 21.6. The van der Waals surface area contributed by atoms with E-state index < -0.39 is 0 Å². The van der Waals surface area contributed by atoms with Gasteiger partial charge < -0.3 is 8.80 Å². The number of rotatable bonds is 0. The molecule has 0 aliphatic heterocycles. The smallest absolute Gasteiger partial charge is 0.189 e. The molecule has 4 aromatic heterocycles. The van der Waals surface area contributed by atoms with Crippen LogP contribution in [0.1, 0.15) is 11.1 Å². The van der Waals surface area contributed by atoms with E-state index in [0.717, 1.165) is 87.0 Å². The third-order valence-electron chi connectivity index (χ3n) is 9.38. The summed E-state index contributed by atoms with van der Waals surface area (Å²) >= 11 is 0. The molecular weight excluding hydrogens is 540 g/mol. The van der Waals surface area contributed by atoms with Gasteiger partial charge in [-0.3, -0.25) is 0 Å². The predicted octanol–water partition coefficient (Wildman–Crippen LogP) is 9.98. The summed E-state index contributed by atoms with van der Waals surface area (Å²) in [6.07, 6.45) is 0. The molecule has 0 atom stereocenters. The maximum atomic E-state index is 9.82. The van der Waals surface area contributed by atoms with Crippen LogP contribution in [0.3, 0.4) is 0 Å². The molecule has 10 rings (SSSR count). The van der Waals surface area contributed by atoms with E-state index in [-0.39, 0.29) is 0 Å². The van der Waals surface area contributed by atoms with Crippen molar-refractivity contribution in [3.05, 3.63) is 119 Å². The van der Waals surface area contributed by atoms with E-state index in [2.05, 4.69) is 48.8 Å². The van der Waals surface area contributed by atoms with Gasteiger partial charge in [0, 0.05) is 59.5 Å². The summed E-state index contributed by atoms with van der Waals surface area (Å²) in [5.74, 6) is 0. The van der Waals surface area contributed by atoms with Gasteiger partial charge in [0.25, 0.3) is 0 Å². The summed E-state index contributed by atoms with van der Waals surface area (Å²) in [5.41, 5.74) is 8.18. The summed E-state index contributed by atoms with van der Waals surface area (Å²) in [7, 11) is 0. The molecule has 0 aliphatic rings. The monoisotopic (exact) mass is 554 g/mol. The molecule has 6 aromatic carbocycles. The van der Waals surface area contributed by atoms with E-state index in [1.165, 1.54) is 0 Å². The van der Waals surface area contributed by atoms with Crippen molar-refractivity contribution in [2.45, 2.75) is 0 Å². The minimum atomic E-state index is 0.562. The van der Waals surface area contributed by atoms with Crippen molar-refractivity contribution in [2.75, 3.05) is 0 Å². The molecule has 0 spiro atoms. The lowest BCUT2D eigenvalue weighted by Crippen LogP contribution is -1.83. The van der Waals surface area contributed by atoms with Crippen molar-refractivity contribution in [1.29, 1.82) is 10.5 Å². The predicted molar refractivity (Wildman–Crippen MR) is 175 cm³/mol. The van der Waals surface area contributed by atoms with Crippen LogP contribution in [-0.4, -0.2) is 8.80 Å². The van der Waals surface area contributed by atoms with Gasteiger partial charge in [0.05, 0.1) is 58.5 Å². The summed E-state index contributed by atoms with van der Waals surface area (Å²) in [6, 6.07) is 32.5. The number of hydrogen-bond acceptors (Lipinski definition) is 2. The van der Waals surface area contributed by atoms with E-state index in [9.17, 15) is 10.5 Å². The molecule has 6 heteroatoms. The second kappa shape index (κ2) is 7.50. The molecule has 0 N–H and O–H groups in total. The van der Waals surface area contributed by atoms with Crippen molar-refractivity contribution >= 4 is 98.3 Å². The van der Waals surface area contributed by atoms with Gasteiger partial charge in [-0.05, 0) is 53.9 Å². The van der Waals surface area contributed by atoms with E-state index >= 15 is 0 Å². The molecule has 44 heavy (non-hydrogen) atoms. The highest BCUT2D eigenvalue weighted by molar-refractivity contribution is 6.41. The van der Waals surface area contributed by atoms with E-state index in [0.29, 0.717) is 22.5 Å². The number of fused-ring (bicyclic) bond motifs is 15. The zero-order chi connectivity index (χ0) is 29.4. The lowest BCUT2D eigenvalue weighted by molar-refractivity contribution is 1.36. The maximum absolute atomic E-state index is 9.82. The number of aromatic nitrogens is 2. The zero-order valence-corrected chi connectivity index (χ0v) is 22.8. The number of benzene rings is 6. The molecule has 0 aliphatic carbocycles. The molecular formula is C38H14N6. The van der Waals surface area contributed by atoms with Crippen LogP contribution in [0.15, 0.2) is 84.9 Å². The quantitative estimate of drug-likeness (QED) is 0.175. The van der Waals surface area contributed by atoms with Gasteiger partial charge in [-0.1, -0.05) is 36.4 Å². The third-order valence-corrected chi connectivity index (χ3v) is 9.38. The SMILES string of the molecule is [C-]#[N+]c1ccc2c3cc4cc5c6ccc(C#N)cc6n6c7cc(C#N)ccc7c(c4c4c7ccc([N+]#[C-])cc7n(c2c1)c34)c56. The van der Waals surface area contributed by atoms with Crippen LogP contribution >= 0.6 is 0 Å². The van der Waals surface area contributed by atoms with Gasteiger partial charge in [0.1, 0.15) is 0 Å². The Bertz CT molecular complexity index is 2930. The molecule has 0 bridgehead atoms. The van der Waals surface area contributed by atoms with Crippen molar-refractivity contribution in [3.63, 3.8) is 0 Å². The molecule has 6 nitrogen and oxygen atoms in total. The zero-order valence-electron chi connectivity index (χ0n) is 22.8. The van der Waals surface area contributed by atoms with Crippen molar-refractivity contribution < 1.29 is 0 Å². The van der Waals surface area contributed by atoms with Crippen LogP contribution in [0, 0.1) is 35.8 Å². The topological polar surface area (TPSA) is 65.1 Å². The normalized spacial score (nSPS) is 12.0. The number of nitriles is 2. The van der Waals surface area contributed by atoms with Gasteiger partial charge >= 0.3 is 0 Å². The largest absolute Gasteiger partial charge is 0.311 e. The Morgan fingerprint density at radius 1 is 0.477 bits per heavy atom. The van der Waals surface area contributed by atoms with Gasteiger partial charge in [-0.25, -0.2) is 9.69 Å². The van der Waals surface area contributed by atoms with Crippen LogP contribution in [0.5, 0.6) is 0 Å². The third kappa shape index (κ3) is 2.46. The second-order valence-electron chi connectivity index (χ2n) is 11.4. The summed E-state index contributed by atoms with van der Waals surface area (Å²) in [6.45, 7) is 15.4. The Kier molecular flexibility index (Phi) is 3.88. The standard InChI is InChI=1S/C38H14N6/c1-41-22-5-9-25-29-14-21-13-28-24-7-3-19(17-39)11-30(24)43-31-12-20(18-40)4-8-26(31)35(37(28)43)34(21)36-27-10-6-23(42-2)16-33(27)44(38(29)36)32(25)15-22/h3-16H. The highest BCUT2D eigenvalue weighted by Crippen LogP contribution is 2.50. The molecule has 0 amide bonds. The average molecular weight is 555 g/mol. The number of hydrogen-bond donors (Lipinski definition) is 0. The van der Waals surface area contributed by atoms with Crippen LogP contribution in [0.25, 0.3) is 96.7 Å². The van der Waals surface area contributed by atoms with Crippen molar-refractivity contribution in [1.82, 2.24) is 8.80 Å². The summed E-state index contributed by atoms with van der Waals surface area (Å²) in [4.78, 5) is 7.45. The fourth-order valence-electron chi connectivity index (χ4n) is 7.69. The first kappa shape index (κ1) is 22.8. The number of nitrogens with zero attached hydrogens (tertiary/aromatic N) is 6. The maximum Gasteiger partial charge on any atom is 0.189 e. The first-order valence-corrected chi connectivity index (χ1v) is 14.0. The van der Waals surface area contributed by atoms with Crippen molar-refractivity contribution in [3.8, 4) is 12.1 Å². The molecule has 196 valence electrons. The second-order valence-corrected chi connectivity index (χ2v) is 11.4. The van der Waals surface area contributed by atoms with E-state index in [4.69, 9.17) is 13.1 Å². The fourth-order valence-corrected chi connectivity index (χ4v) is 7.69.